The highest BCUT2D eigenvalue weighted by Crippen LogP contribution is 2.48. The normalized spacial score (nSPS) is 30.5. The van der Waals surface area contributed by atoms with Crippen molar-refractivity contribution >= 4 is 17.3 Å². The van der Waals surface area contributed by atoms with Gasteiger partial charge in [-0.2, -0.15) is 0 Å². The van der Waals surface area contributed by atoms with Crippen molar-refractivity contribution in [1.82, 2.24) is 0 Å². The molecule has 2 fully saturated rings. The number of benzene rings is 1. The van der Waals surface area contributed by atoms with Crippen LogP contribution in [0, 0.1) is 17.8 Å². The van der Waals surface area contributed by atoms with E-state index in [2.05, 4.69) is 5.32 Å². The van der Waals surface area contributed by atoms with Gasteiger partial charge in [-0.25, -0.2) is 0 Å². The molecule has 3 atom stereocenters. The highest BCUT2D eigenvalue weighted by molar-refractivity contribution is 5.93. The standard InChI is InChI=1S/C14H18N2O/c15-11-2-1-3-12(8-11)16-14(17)13-7-9-4-5-10(13)6-9/h1-3,8-10,13H,4-7,15H2,(H,16,17). The predicted octanol–water partition coefficient (Wildman–Crippen LogP) is 2.64. The van der Waals surface area contributed by atoms with Crippen LogP contribution in [-0.2, 0) is 4.79 Å². The molecule has 3 N–H and O–H groups in total. The Hall–Kier alpha value is -1.51. The molecule has 0 saturated heterocycles. The van der Waals surface area contributed by atoms with E-state index in [9.17, 15) is 4.79 Å². The van der Waals surface area contributed by atoms with E-state index < -0.39 is 0 Å². The fourth-order valence-corrected chi connectivity index (χ4v) is 3.42. The quantitative estimate of drug-likeness (QED) is 0.767. The summed E-state index contributed by atoms with van der Waals surface area (Å²) >= 11 is 0. The lowest BCUT2D eigenvalue weighted by molar-refractivity contribution is -0.121. The third-order valence-corrected chi connectivity index (χ3v) is 4.23. The molecule has 0 radical (unpaired) electrons. The Labute approximate surface area is 101 Å². The number of fused-ring (bicyclic) bond motifs is 2. The molecule has 2 aliphatic rings. The maximum atomic E-state index is 12.2. The van der Waals surface area contributed by atoms with E-state index in [1.165, 1.54) is 19.3 Å². The topological polar surface area (TPSA) is 55.1 Å². The van der Waals surface area contributed by atoms with E-state index in [0.717, 1.165) is 18.0 Å². The number of carbonyl (C=O) groups excluding carboxylic acids is 1. The van der Waals surface area contributed by atoms with Crippen LogP contribution in [0.4, 0.5) is 11.4 Å². The molecule has 1 amide bonds. The molecule has 1 aromatic rings. The van der Waals surface area contributed by atoms with Crippen LogP contribution < -0.4 is 11.1 Å². The molecule has 2 aliphatic carbocycles. The van der Waals surface area contributed by atoms with Crippen LogP contribution in [-0.4, -0.2) is 5.91 Å². The third kappa shape index (κ3) is 2.02. The zero-order valence-corrected chi connectivity index (χ0v) is 9.86. The minimum absolute atomic E-state index is 0.183. The summed E-state index contributed by atoms with van der Waals surface area (Å²) in [7, 11) is 0. The molecule has 0 spiro atoms. The van der Waals surface area contributed by atoms with E-state index >= 15 is 0 Å². The van der Waals surface area contributed by atoms with Crippen LogP contribution in [0.5, 0.6) is 0 Å². The van der Waals surface area contributed by atoms with Crippen LogP contribution >= 0.6 is 0 Å². The molecular formula is C14H18N2O. The molecule has 0 aliphatic heterocycles. The number of rotatable bonds is 2. The van der Waals surface area contributed by atoms with E-state index in [0.29, 0.717) is 11.6 Å². The van der Waals surface area contributed by atoms with Crippen molar-refractivity contribution in [2.75, 3.05) is 11.1 Å². The van der Waals surface area contributed by atoms with E-state index in [4.69, 9.17) is 5.73 Å². The second-order valence-electron chi connectivity index (χ2n) is 5.40. The second-order valence-corrected chi connectivity index (χ2v) is 5.40. The van der Waals surface area contributed by atoms with Crippen LogP contribution in [0.3, 0.4) is 0 Å². The number of amides is 1. The zero-order valence-electron chi connectivity index (χ0n) is 9.86. The molecule has 2 saturated carbocycles. The molecule has 0 aromatic heterocycles. The monoisotopic (exact) mass is 230 g/mol. The van der Waals surface area contributed by atoms with E-state index in [-0.39, 0.29) is 11.8 Å². The zero-order chi connectivity index (χ0) is 11.8. The number of nitrogens with one attached hydrogen (secondary N) is 1. The minimum atomic E-state index is 0.183. The lowest BCUT2D eigenvalue weighted by Crippen LogP contribution is -2.27. The number of carbonyl (C=O) groups is 1. The fraction of sp³-hybridized carbons (Fsp3) is 0.500. The van der Waals surface area contributed by atoms with Gasteiger partial charge in [-0.15, -0.1) is 0 Å². The smallest absolute Gasteiger partial charge is 0.227 e. The number of nitrogens with two attached hydrogens (primary N) is 1. The molecule has 3 rings (SSSR count). The van der Waals surface area contributed by atoms with Crippen LogP contribution in [0.1, 0.15) is 25.7 Å². The van der Waals surface area contributed by atoms with Gasteiger partial charge >= 0.3 is 0 Å². The van der Waals surface area contributed by atoms with Gasteiger partial charge in [-0.1, -0.05) is 12.5 Å². The number of hydrogen-bond donors (Lipinski definition) is 2. The number of nitrogen functional groups attached to an aromatic ring is 1. The van der Waals surface area contributed by atoms with Gasteiger partial charge in [0, 0.05) is 17.3 Å². The van der Waals surface area contributed by atoms with Crippen molar-refractivity contribution in [3.63, 3.8) is 0 Å². The maximum absolute atomic E-state index is 12.2. The van der Waals surface area contributed by atoms with E-state index in [1.807, 2.05) is 24.3 Å². The highest BCUT2D eigenvalue weighted by Gasteiger charge is 2.42. The molecule has 3 unspecified atom stereocenters. The molecule has 2 bridgehead atoms. The largest absolute Gasteiger partial charge is 0.399 e. The Bertz CT molecular complexity index is 444. The summed E-state index contributed by atoms with van der Waals surface area (Å²) < 4.78 is 0. The number of anilines is 2. The van der Waals surface area contributed by atoms with Gasteiger partial charge in [0.05, 0.1) is 0 Å². The summed E-state index contributed by atoms with van der Waals surface area (Å²) in [6.45, 7) is 0. The fourth-order valence-electron chi connectivity index (χ4n) is 3.42. The van der Waals surface area contributed by atoms with Crippen molar-refractivity contribution in [3.05, 3.63) is 24.3 Å². The minimum Gasteiger partial charge on any atom is -0.399 e. The third-order valence-electron chi connectivity index (χ3n) is 4.23. The van der Waals surface area contributed by atoms with Crippen molar-refractivity contribution < 1.29 is 4.79 Å². The summed E-state index contributed by atoms with van der Waals surface area (Å²) in [4.78, 5) is 12.2. The van der Waals surface area contributed by atoms with Gasteiger partial charge in [0.15, 0.2) is 0 Å². The van der Waals surface area contributed by atoms with Crippen molar-refractivity contribution in [2.24, 2.45) is 17.8 Å². The Kier molecular flexibility index (Phi) is 2.54. The van der Waals surface area contributed by atoms with Gasteiger partial charge < -0.3 is 11.1 Å². The van der Waals surface area contributed by atoms with Gasteiger partial charge in [0.25, 0.3) is 0 Å². The van der Waals surface area contributed by atoms with Crippen LogP contribution in [0.15, 0.2) is 24.3 Å². The van der Waals surface area contributed by atoms with Gasteiger partial charge in [-0.3, -0.25) is 4.79 Å². The molecule has 1 aromatic carbocycles. The van der Waals surface area contributed by atoms with E-state index in [1.54, 1.807) is 0 Å². The summed E-state index contributed by atoms with van der Waals surface area (Å²) in [5, 5.41) is 2.99. The molecule has 0 heterocycles. The van der Waals surface area contributed by atoms with Gasteiger partial charge in [-0.05, 0) is 49.3 Å². The van der Waals surface area contributed by atoms with Crippen LogP contribution in [0.2, 0.25) is 0 Å². The summed E-state index contributed by atoms with van der Waals surface area (Å²) in [6.07, 6.45) is 4.90. The van der Waals surface area contributed by atoms with Crippen LogP contribution in [0.25, 0.3) is 0 Å². The molecule has 3 nitrogen and oxygen atoms in total. The van der Waals surface area contributed by atoms with Gasteiger partial charge in [0.1, 0.15) is 0 Å². The molecule has 90 valence electrons. The Morgan fingerprint density at radius 3 is 2.82 bits per heavy atom. The summed E-state index contributed by atoms with van der Waals surface area (Å²) in [5.74, 6) is 1.84. The number of hydrogen-bond acceptors (Lipinski definition) is 2. The second kappa shape index (κ2) is 4.06. The summed E-state index contributed by atoms with van der Waals surface area (Å²) in [6, 6.07) is 7.39. The average molecular weight is 230 g/mol. The first-order valence-corrected chi connectivity index (χ1v) is 6.39. The molecule has 3 heteroatoms. The van der Waals surface area contributed by atoms with Crippen molar-refractivity contribution in [3.8, 4) is 0 Å². The first kappa shape index (κ1) is 10.6. The average Bonchev–Trinajstić information content (AvgIpc) is 2.90. The Balaban J connectivity index is 1.68. The highest BCUT2D eigenvalue weighted by atomic mass is 16.1. The Morgan fingerprint density at radius 1 is 1.29 bits per heavy atom. The van der Waals surface area contributed by atoms with Gasteiger partial charge in [0.2, 0.25) is 5.91 Å². The predicted molar refractivity (Wildman–Crippen MR) is 68.4 cm³/mol. The lowest BCUT2D eigenvalue weighted by Gasteiger charge is -2.20. The SMILES string of the molecule is Nc1cccc(NC(=O)C2CC3CCC2C3)c1. The first-order chi connectivity index (χ1) is 8.22. The summed E-state index contributed by atoms with van der Waals surface area (Å²) in [5.41, 5.74) is 7.20. The molecule has 17 heavy (non-hydrogen) atoms. The molecular weight excluding hydrogens is 212 g/mol. The first-order valence-electron chi connectivity index (χ1n) is 6.39. The van der Waals surface area contributed by atoms with Crippen molar-refractivity contribution in [1.29, 1.82) is 0 Å². The van der Waals surface area contributed by atoms with Crippen molar-refractivity contribution in [2.45, 2.75) is 25.7 Å². The Morgan fingerprint density at radius 2 is 2.18 bits per heavy atom. The lowest BCUT2D eigenvalue weighted by atomic mass is 9.88. The maximum Gasteiger partial charge on any atom is 0.227 e.